The smallest absolute Gasteiger partial charge is 0.261 e. The minimum atomic E-state index is -1.17. The Labute approximate surface area is 198 Å². The topological polar surface area (TPSA) is 90.1 Å². The number of nitrogens with zero attached hydrogens (tertiary/aromatic N) is 4. The number of pyridine rings is 2. The van der Waals surface area contributed by atoms with Crippen LogP contribution in [0.3, 0.4) is 0 Å². The maximum atomic E-state index is 13.3. The summed E-state index contributed by atoms with van der Waals surface area (Å²) < 4.78 is 7.64. The quantitative estimate of drug-likeness (QED) is 0.462. The van der Waals surface area contributed by atoms with Crippen molar-refractivity contribution in [2.45, 2.75) is 46.8 Å². The summed E-state index contributed by atoms with van der Waals surface area (Å²) in [7, 11) is 0. The van der Waals surface area contributed by atoms with E-state index in [-0.39, 0.29) is 5.56 Å². The Hall–Kier alpha value is -3.84. The molecule has 1 aromatic carbocycles. The Morgan fingerprint density at radius 2 is 1.74 bits per heavy atom. The molecular formula is C27H28N4O3. The van der Waals surface area contributed by atoms with Gasteiger partial charge in [0.25, 0.3) is 5.56 Å². The Morgan fingerprint density at radius 3 is 2.47 bits per heavy atom. The number of hydrogen-bond acceptors (Lipinski definition) is 6. The molecule has 0 bridgehead atoms. The molecule has 0 spiro atoms. The second kappa shape index (κ2) is 9.19. The fraction of sp³-hybridized carbons (Fsp3) is 0.259. The lowest BCUT2D eigenvalue weighted by atomic mass is 10.1. The van der Waals surface area contributed by atoms with Crippen molar-refractivity contribution in [3.8, 4) is 22.8 Å². The highest BCUT2D eigenvalue weighted by Crippen LogP contribution is 2.23. The second-order valence-electron chi connectivity index (χ2n) is 8.92. The lowest BCUT2D eigenvalue weighted by Gasteiger charge is -2.17. The van der Waals surface area contributed by atoms with Gasteiger partial charge in [-0.15, -0.1) is 0 Å². The molecule has 174 valence electrons. The normalized spacial score (nSPS) is 11.5. The monoisotopic (exact) mass is 456 g/mol. The van der Waals surface area contributed by atoms with Crippen molar-refractivity contribution >= 4 is 0 Å². The summed E-state index contributed by atoms with van der Waals surface area (Å²) in [5, 5.41) is 10.2. The van der Waals surface area contributed by atoms with E-state index in [4.69, 9.17) is 4.74 Å². The van der Waals surface area contributed by atoms with E-state index < -0.39 is 5.60 Å². The number of hydrogen-bond donors (Lipinski definition) is 1. The molecule has 1 N–H and O–H groups in total. The van der Waals surface area contributed by atoms with Gasteiger partial charge in [-0.3, -0.25) is 14.3 Å². The fourth-order valence-electron chi connectivity index (χ4n) is 3.72. The number of aryl methyl sites for hydroxylation is 2. The zero-order valence-electron chi connectivity index (χ0n) is 20.0. The zero-order valence-corrected chi connectivity index (χ0v) is 20.0. The van der Waals surface area contributed by atoms with E-state index in [9.17, 15) is 9.90 Å². The van der Waals surface area contributed by atoms with Crippen LogP contribution in [0.25, 0.3) is 17.1 Å². The molecule has 0 unspecified atom stereocenters. The molecule has 0 saturated carbocycles. The first kappa shape index (κ1) is 23.3. The van der Waals surface area contributed by atoms with Gasteiger partial charge < -0.3 is 9.84 Å². The largest absolute Gasteiger partial charge is 0.488 e. The SMILES string of the molecule is Cc1cccc(COc2cc(C)n(-c3ccnc(-c4ccnc(C(C)(C)O)n4)c3)c(=O)c2C)c1. The van der Waals surface area contributed by atoms with Crippen molar-refractivity contribution in [3.05, 3.63) is 99.5 Å². The predicted molar refractivity (Wildman–Crippen MR) is 131 cm³/mol. The van der Waals surface area contributed by atoms with Gasteiger partial charge in [-0.05, 0) is 58.4 Å². The Morgan fingerprint density at radius 1 is 0.971 bits per heavy atom. The first-order valence-electron chi connectivity index (χ1n) is 11.1. The van der Waals surface area contributed by atoms with Gasteiger partial charge in [0.15, 0.2) is 5.82 Å². The molecule has 0 amide bonds. The summed E-state index contributed by atoms with van der Waals surface area (Å²) in [5.74, 6) is 0.872. The van der Waals surface area contributed by atoms with E-state index >= 15 is 0 Å². The maximum Gasteiger partial charge on any atom is 0.261 e. The highest BCUT2D eigenvalue weighted by molar-refractivity contribution is 5.57. The molecule has 34 heavy (non-hydrogen) atoms. The average Bonchev–Trinajstić information content (AvgIpc) is 2.80. The van der Waals surface area contributed by atoms with E-state index in [0.29, 0.717) is 40.8 Å². The van der Waals surface area contributed by atoms with Crippen molar-refractivity contribution in [1.29, 1.82) is 0 Å². The molecule has 0 fully saturated rings. The van der Waals surface area contributed by atoms with Crippen LogP contribution in [0.4, 0.5) is 0 Å². The molecule has 7 nitrogen and oxygen atoms in total. The van der Waals surface area contributed by atoms with Crippen LogP contribution in [0.1, 0.15) is 42.1 Å². The third-order valence-electron chi connectivity index (χ3n) is 5.53. The van der Waals surface area contributed by atoms with Crippen molar-refractivity contribution in [1.82, 2.24) is 19.5 Å². The summed E-state index contributed by atoms with van der Waals surface area (Å²) in [6, 6.07) is 15.3. The summed E-state index contributed by atoms with van der Waals surface area (Å²) >= 11 is 0. The second-order valence-corrected chi connectivity index (χ2v) is 8.92. The van der Waals surface area contributed by atoms with Crippen LogP contribution in [-0.2, 0) is 12.2 Å². The molecule has 0 aliphatic heterocycles. The number of benzene rings is 1. The van der Waals surface area contributed by atoms with Gasteiger partial charge in [0.1, 0.15) is 18.0 Å². The van der Waals surface area contributed by atoms with E-state index in [1.165, 1.54) is 0 Å². The molecule has 0 saturated heterocycles. The predicted octanol–water partition coefficient (Wildman–Crippen LogP) is 4.42. The van der Waals surface area contributed by atoms with E-state index in [1.807, 2.05) is 38.1 Å². The van der Waals surface area contributed by atoms with Crippen LogP contribution < -0.4 is 10.3 Å². The minimum Gasteiger partial charge on any atom is -0.488 e. The van der Waals surface area contributed by atoms with Crippen molar-refractivity contribution < 1.29 is 9.84 Å². The molecule has 0 aliphatic carbocycles. The van der Waals surface area contributed by atoms with E-state index in [1.54, 1.807) is 55.9 Å². The first-order valence-corrected chi connectivity index (χ1v) is 11.1. The van der Waals surface area contributed by atoms with Gasteiger partial charge in [0, 0.05) is 24.2 Å². The van der Waals surface area contributed by atoms with Crippen LogP contribution >= 0.6 is 0 Å². The summed E-state index contributed by atoms with van der Waals surface area (Å²) in [6.45, 7) is 9.33. The first-order chi connectivity index (χ1) is 16.1. The summed E-state index contributed by atoms with van der Waals surface area (Å²) in [6.07, 6.45) is 3.23. The van der Waals surface area contributed by atoms with Crippen molar-refractivity contribution in [2.24, 2.45) is 0 Å². The Balaban J connectivity index is 1.68. The maximum absolute atomic E-state index is 13.3. The van der Waals surface area contributed by atoms with Crippen LogP contribution in [0, 0.1) is 20.8 Å². The van der Waals surface area contributed by atoms with Crippen LogP contribution in [0.5, 0.6) is 5.75 Å². The molecule has 0 radical (unpaired) electrons. The highest BCUT2D eigenvalue weighted by atomic mass is 16.5. The van der Waals surface area contributed by atoms with Crippen molar-refractivity contribution in [3.63, 3.8) is 0 Å². The van der Waals surface area contributed by atoms with Gasteiger partial charge in [-0.2, -0.15) is 0 Å². The molecule has 4 aromatic rings. The number of aliphatic hydroxyl groups is 1. The molecule has 0 atom stereocenters. The third kappa shape index (κ3) is 4.89. The summed E-state index contributed by atoms with van der Waals surface area (Å²) in [4.78, 5) is 26.3. The molecule has 0 aliphatic rings. The Kier molecular flexibility index (Phi) is 6.30. The molecular weight excluding hydrogens is 428 g/mol. The highest BCUT2D eigenvalue weighted by Gasteiger charge is 2.20. The van der Waals surface area contributed by atoms with Crippen LogP contribution in [0.2, 0.25) is 0 Å². The van der Waals surface area contributed by atoms with Gasteiger partial charge in [0.05, 0.1) is 22.6 Å². The Bertz CT molecular complexity index is 1400. The average molecular weight is 457 g/mol. The molecule has 7 heteroatoms. The standard InChI is InChI=1S/C27H28N4O3/c1-17-7-6-8-20(13-17)16-34-24-14-18(2)31(25(32)19(24)3)21-9-11-28-23(15-21)22-10-12-29-26(30-22)27(4,5)33/h6-15,33H,16H2,1-5H3. The third-order valence-corrected chi connectivity index (χ3v) is 5.53. The molecule has 3 heterocycles. The molecule has 4 rings (SSSR count). The van der Waals surface area contributed by atoms with Gasteiger partial charge >= 0.3 is 0 Å². The van der Waals surface area contributed by atoms with Gasteiger partial charge in [-0.25, -0.2) is 9.97 Å². The minimum absolute atomic E-state index is 0.156. The molecule has 3 aromatic heterocycles. The van der Waals surface area contributed by atoms with Crippen LogP contribution in [-0.4, -0.2) is 24.6 Å². The van der Waals surface area contributed by atoms with Gasteiger partial charge in [0.2, 0.25) is 0 Å². The number of ether oxygens (including phenoxy) is 1. The summed E-state index contributed by atoms with van der Waals surface area (Å²) in [5.41, 5.74) is 3.97. The fourth-order valence-corrected chi connectivity index (χ4v) is 3.72. The van der Waals surface area contributed by atoms with E-state index in [2.05, 4.69) is 21.0 Å². The van der Waals surface area contributed by atoms with Crippen LogP contribution in [0.15, 0.2) is 65.7 Å². The number of aromatic nitrogens is 4. The van der Waals surface area contributed by atoms with E-state index in [0.717, 1.165) is 16.8 Å². The number of rotatable bonds is 6. The zero-order chi connectivity index (χ0) is 24.5. The van der Waals surface area contributed by atoms with Gasteiger partial charge in [-0.1, -0.05) is 29.8 Å². The lowest BCUT2D eigenvalue weighted by Crippen LogP contribution is -2.23. The van der Waals surface area contributed by atoms with Crippen molar-refractivity contribution in [2.75, 3.05) is 0 Å². The lowest BCUT2D eigenvalue weighted by molar-refractivity contribution is 0.0688.